The van der Waals surface area contributed by atoms with Crippen LogP contribution in [0.25, 0.3) is 0 Å². The van der Waals surface area contributed by atoms with Gasteiger partial charge in [-0.3, -0.25) is 14.4 Å². The highest BCUT2D eigenvalue weighted by molar-refractivity contribution is 5.94. The van der Waals surface area contributed by atoms with E-state index in [0.717, 1.165) is 0 Å². The minimum absolute atomic E-state index is 0.101. The number of hydrogen-bond donors (Lipinski definition) is 3. The van der Waals surface area contributed by atoms with Crippen molar-refractivity contribution in [1.82, 2.24) is 5.32 Å². The van der Waals surface area contributed by atoms with E-state index >= 15 is 0 Å². The summed E-state index contributed by atoms with van der Waals surface area (Å²) >= 11 is 0. The molecule has 0 aliphatic rings. The molecular formula is C20H23N3O4. The third-order valence-electron chi connectivity index (χ3n) is 3.67. The molecule has 3 amide bonds. The Bertz CT molecular complexity index is 778. The van der Waals surface area contributed by atoms with Crippen LogP contribution in [0.15, 0.2) is 54.6 Å². The van der Waals surface area contributed by atoms with Crippen LogP contribution in [0, 0.1) is 0 Å². The maximum Gasteiger partial charge on any atom is 0.251 e. The lowest BCUT2D eigenvalue weighted by Gasteiger charge is -2.12. The lowest BCUT2D eigenvalue weighted by Crippen LogP contribution is -2.25. The first-order valence-corrected chi connectivity index (χ1v) is 8.69. The first kappa shape index (κ1) is 20.0. The zero-order valence-corrected chi connectivity index (χ0v) is 14.9. The van der Waals surface area contributed by atoms with Gasteiger partial charge >= 0.3 is 0 Å². The van der Waals surface area contributed by atoms with Crippen LogP contribution in [0.2, 0.25) is 0 Å². The van der Waals surface area contributed by atoms with E-state index in [9.17, 15) is 14.4 Å². The largest absolute Gasteiger partial charge is 0.491 e. The number of amides is 3. The van der Waals surface area contributed by atoms with Crippen molar-refractivity contribution < 1.29 is 19.1 Å². The normalized spacial score (nSPS) is 10.1. The standard InChI is InChI=1S/C20H23N3O4/c21-18(24)12-14-27-17-10-5-4-9-16(17)23-19(25)11-6-13-22-20(26)15-7-2-1-3-8-15/h1-5,7-10H,6,11-14H2,(H2,21,24)(H,22,26)(H,23,25). The summed E-state index contributed by atoms with van der Waals surface area (Å²) in [6.07, 6.45) is 0.864. The van der Waals surface area contributed by atoms with E-state index in [-0.39, 0.29) is 31.3 Å². The number of carbonyl (C=O) groups is 3. The minimum atomic E-state index is -0.450. The molecule has 2 aromatic carbocycles. The smallest absolute Gasteiger partial charge is 0.251 e. The van der Waals surface area contributed by atoms with Crippen LogP contribution >= 0.6 is 0 Å². The van der Waals surface area contributed by atoms with Crippen molar-refractivity contribution in [3.63, 3.8) is 0 Å². The average molecular weight is 369 g/mol. The van der Waals surface area contributed by atoms with E-state index in [4.69, 9.17) is 10.5 Å². The number of nitrogens with one attached hydrogen (secondary N) is 2. The van der Waals surface area contributed by atoms with Gasteiger partial charge in [0.05, 0.1) is 18.7 Å². The topological polar surface area (TPSA) is 111 Å². The molecule has 0 aliphatic heterocycles. The van der Waals surface area contributed by atoms with Gasteiger partial charge in [-0.15, -0.1) is 0 Å². The van der Waals surface area contributed by atoms with E-state index < -0.39 is 5.91 Å². The number of nitrogens with two attached hydrogens (primary N) is 1. The predicted molar refractivity (Wildman–Crippen MR) is 102 cm³/mol. The fraction of sp³-hybridized carbons (Fsp3) is 0.250. The SMILES string of the molecule is NC(=O)CCOc1ccccc1NC(=O)CCCNC(=O)c1ccccc1. The van der Waals surface area contributed by atoms with Gasteiger partial charge in [0.1, 0.15) is 5.75 Å². The summed E-state index contributed by atoms with van der Waals surface area (Å²) in [5.41, 5.74) is 6.20. The Labute approximate surface area is 157 Å². The number of benzene rings is 2. The summed E-state index contributed by atoms with van der Waals surface area (Å²) in [7, 11) is 0. The van der Waals surface area contributed by atoms with Crippen molar-refractivity contribution in [2.45, 2.75) is 19.3 Å². The molecule has 2 rings (SSSR count). The molecule has 4 N–H and O–H groups in total. The maximum atomic E-state index is 12.1. The lowest BCUT2D eigenvalue weighted by atomic mass is 10.2. The third kappa shape index (κ3) is 7.19. The highest BCUT2D eigenvalue weighted by Crippen LogP contribution is 2.24. The molecule has 0 bridgehead atoms. The summed E-state index contributed by atoms with van der Waals surface area (Å²) in [4.78, 5) is 34.8. The highest BCUT2D eigenvalue weighted by Gasteiger charge is 2.09. The van der Waals surface area contributed by atoms with Crippen molar-refractivity contribution in [2.24, 2.45) is 5.73 Å². The molecule has 0 spiro atoms. The minimum Gasteiger partial charge on any atom is -0.491 e. The van der Waals surface area contributed by atoms with Crippen LogP contribution in [0.5, 0.6) is 5.75 Å². The van der Waals surface area contributed by atoms with Gasteiger partial charge in [-0.2, -0.15) is 0 Å². The molecule has 0 fully saturated rings. The summed E-state index contributed by atoms with van der Waals surface area (Å²) in [5.74, 6) is -0.322. The lowest BCUT2D eigenvalue weighted by molar-refractivity contribution is -0.118. The van der Waals surface area contributed by atoms with Gasteiger partial charge in [0, 0.05) is 18.5 Å². The van der Waals surface area contributed by atoms with Crippen LogP contribution in [0.1, 0.15) is 29.6 Å². The summed E-state index contributed by atoms with van der Waals surface area (Å²) in [5, 5.41) is 5.56. The predicted octanol–water partition coefficient (Wildman–Crippen LogP) is 2.09. The average Bonchev–Trinajstić information content (AvgIpc) is 2.67. The second kappa shape index (κ2) is 10.6. The van der Waals surface area contributed by atoms with E-state index in [1.807, 2.05) is 6.07 Å². The van der Waals surface area contributed by atoms with Crippen molar-refractivity contribution in [2.75, 3.05) is 18.5 Å². The molecule has 7 nitrogen and oxygen atoms in total. The first-order valence-electron chi connectivity index (χ1n) is 8.69. The molecule has 0 radical (unpaired) electrons. The van der Waals surface area contributed by atoms with Crippen molar-refractivity contribution in [3.8, 4) is 5.75 Å². The number of anilines is 1. The number of para-hydroxylation sites is 2. The fourth-order valence-electron chi connectivity index (χ4n) is 2.31. The van der Waals surface area contributed by atoms with E-state index in [1.165, 1.54) is 0 Å². The molecule has 0 aromatic heterocycles. The van der Waals surface area contributed by atoms with E-state index in [1.54, 1.807) is 48.5 Å². The molecule has 0 aliphatic carbocycles. The maximum absolute atomic E-state index is 12.1. The Hall–Kier alpha value is -3.35. The zero-order chi connectivity index (χ0) is 19.5. The van der Waals surface area contributed by atoms with Crippen LogP contribution in [-0.2, 0) is 9.59 Å². The second-order valence-electron chi connectivity index (χ2n) is 5.83. The van der Waals surface area contributed by atoms with Gasteiger partial charge < -0.3 is 21.1 Å². The summed E-state index contributed by atoms with van der Waals surface area (Å²) < 4.78 is 5.48. The van der Waals surface area contributed by atoms with Gasteiger partial charge in [-0.05, 0) is 30.7 Å². The summed E-state index contributed by atoms with van der Waals surface area (Å²) in [6, 6.07) is 15.9. The van der Waals surface area contributed by atoms with Crippen LogP contribution in [0.4, 0.5) is 5.69 Å². The van der Waals surface area contributed by atoms with Crippen molar-refractivity contribution in [1.29, 1.82) is 0 Å². The quantitative estimate of drug-likeness (QED) is 0.557. The van der Waals surface area contributed by atoms with Gasteiger partial charge in [0.2, 0.25) is 11.8 Å². The molecule has 142 valence electrons. The Morgan fingerprint density at radius 1 is 0.926 bits per heavy atom. The van der Waals surface area contributed by atoms with Gasteiger partial charge in [0.15, 0.2) is 0 Å². The van der Waals surface area contributed by atoms with E-state index in [2.05, 4.69) is 10.6 Å². The molecule has 0 heterocycles. The Morgan fingerprint density at radius 3 is 2.37 bits per heavy atom. The summed E-state index contributed by atoms with van der Waals surface area (Å²) in [6.45, 7) is 0.547. The molecule has 2 aromatic rings. The third-order valence-corrected chi connectivity index (χ3v) is 3.67. The number of carbonyl (C=O) groups excluding carboxylic acids is 3. The Morgan fingerprint density at radius 2 is 1.63 bits per heavy atom. The number of rotatable bonds is 10. The number of primary amides is 1. The van der Waals surface area contributed by atoms with Crippen molar-refractivity contribution >= 4 is 23.4 Å². The molecule has 0 unspecified atom stereocenters. The molecule has 0 atom stereocenters. The molecular weight excluding hydrogens is 346 g/mol. The van der Waals surface area contributed by atoms with Crippen LogP contribution in [0.3, 0.4) is 0 Å². The fourth-order valence-corrected chi connectivity index (χ4v) is 2.31. The highest BCUT2D eigenvalue weighted by atomic mass is 16.5. The van der Waals surface area contributed by atoms with Crippen LogP contribution < -0.4 is 21.1 Å². The number of hydrogen-bond acceptors (Lipinski definition) is 4. The van der Waals surface area contributed by atoms with Gasteiger partial charge in [0.25, 0.3) is 5.91 Å². The number of ether oxygens (including phenoxy) is 1. The zero-order valence-electron chi connectivity index (χ0n) is 14.9. The Kier molecular flexibility index (Phi) is 7.84. The molecule has 7 heteroatoms. The van der Waals surface area contributed by atoms with E-state index in [0.29, 0.717) is 30.0 Å². The van der Waals surface area contributed by atoms with Crippen LogP contribution in [-0.4, -0.2) is 30.9 Å². The monoisotopic (exact) mass is 369 g/mol. The second-order valence-corrected chi connectivity index (χ2v) is 5.83. The Balaban J connectivity index is 1.74. The first-order chi connectivity index (χ1) is 13.1. The molecule has 0 saturated carbocycles. The van der Waals surface area contributed by atoms with Gasteiger partial charge in [-0.25, -0.2) is 0 Å². The molecule has 0 saturated heterocycles. The molecule has 27 heavy (non-hydrogen) atoms. The van der Waals surface area contributed by atoms with Crippen molar-refractivity contribution in [3.05, 3.63) is 60.2 Å². The van der Waals surface area contributed by atoms with Gasteiger partial charge in [-0.1, -0.05) is 30.3 Å².